The number of likely N-dealkylation sites (tertiary alicyclic amines) is 1. The van der Waals surface area contributed by atoms with Crippen LogP contribution in [0.5, 0.6) is 0 Å². The molecule has 0 bridgehead atoms. The molecule has 1 saturated heterocycles. The zero-order chi connectivity index (χ0) is 16.3. The van der Waals surface area contributed by atoms with E-state index in [1.165, 1.54) is 7.11 Å². The van der Waals surface area contributed by atoms with Crippen molar-refractivity contribution in [1.82, 2.24) is 9.88 Å². The summed E-state index contributed by atoms with van der Waals surface area (Å²) >= 11 is 0. The molecule has 0 radical (unpaired) electrons. The van der Waals surface area contributed by atoms with E-state index < -0.39 is 11.6 Å². The van der Waals surface area contributed by atoms with Crippen LogP contribution in [0.25, 0.3) is 0 Å². The third-order valence-corrected chi connectivity index (χ3v) is 3.49. The smallest absolute Gasteiger partial charge is 0.410 e. The topological polar surface area (TPSA) is 68.7 Å². The molecule has 1 aliphatic heterocycles. The van der Waals surface area contributed by atoms with Gasteiger partial charge in [-0.05, 0) is 38.8 Å². The van der Waals surface area contributed by atoms with Crippen LogP contribution in [-0.4, -0.2) is 47.7 Å². The average molecular weight is 306 g/mol. The Morgan fingerprint density at radius 3 is 2.59 bits per heavy atom. The van der Waals surface area contributed by atoms with Crippen molar-refractivity contribution in [2.24, 2.45) is 0 Å². The standard InChI is InChI=1S/C16H22N2O4/c1-16(2,3)22-15(20)18-8-7-12(10-18)11-5-6-13(17-9-11)14(19)21-4/h5-6,9,12H,7-8,10H2,1-4H3. The molecule has 1 unspecified atom stereocenters. The van der Waals surface area contributed by atoms with Gasteiger partial charge in [0.2, 0.25) is 0 Å². The van der Waals surface area contributed by atoms with Crippen LogP contribution < -0.4 is 0 Å². The molecule has 1 aliphatic rings. The van der Waals surface area contributed by atoms with Gasteiger partial charge in [-0.15, -0.1) is 0 Å². The van der Waals surface area contributed by atoms with Gasteiger partial charge >= 0.3 is 12.1 Å². The maximum Gasteiger partial charge on any atom is 0.410 e. The Balaban J connectivity index is 1.98. The Morgan fingerprint density at radius 1 is 1.32 bits per heavy atom. The van der Waals surface area contributed by atoms with Crippen molar-refractivity contribution in [2.45, 2.75) is 38.7 Å². The maximum atomic E-state index is 12.0. The van der Waals surface area contributed by atoms with Crippen LogP contribution in [0, 0.1) is 0 Å². The minimum Gasteiger partial charge on any atom is -0.464 e. The largest absolute Gasteiger partial charge is 0.464 e. The minimum atomic E-state index is -0.487. The van der Waals surface area contributed by atoms with Crippen LogP contribution in [-0.2, 0) is 9.47 Å². The van der Waals surface area contributed by atoms with Crippen molar-refractivity contribution in [1.29, 1.82) is 0 Å². The quantitative estimate of drug-likeness (QED) is 0.786. The lowest BCUT2D eigenvalue weighted by atomic mass is 10.0. The minimum absolute atomic E-state index is 0.215. The highest BCUT2D eigenvalue weighted by Gasteiger charge is 2.30. The summed E-state index contributed by atoms with van der Waals surface area (Å²) in [6, 6.07) is 3.51. The third kappa shape index (κ3) is 3.96. The molecular weight excluding hydrogens is 284 g/mol. The first kappa shape index (κ1) is 16.3. The van der Waals surface area contributed by atoms with Gasteiger partial charge in [0.25, 0.3) is 0 Å². The summed E-state index contributed by atoms with van der Waals surface area (Å²) in [7, 11) is 1.33. The molecule has 2 heterocycles. The predicted molar refractivity (Wildman–Crippen MR) is 80.7 cm³/mol. The Morgan fingerprint density at radius 2 is 2.05 bits per heavy atom. The van der Waals surface area contributed by atoms with Crippen LogP contribution in [0.2, 0.25) is 0 Å². The second-order valence-electron chi connectivity index (χ2n) is 6.38. The molecule has 0 N–H and O–H groups in total. The molecule has 0 aliphatic carbocycles. The van der Waals surface area contributed by atoms with E-state index in [0.717, 1.165) is 12.0 Å². The Bertz CT molecular complexity index is 548. The molecule has 0 aromatic carbocycles. The van der Waals surface area contributed by atoms with Crippen molar-refractivity contribution in [3.8, 4) is 0 Å². The number of methoxy groups -OCH3 is 1. The number of aromatic nitrogens is 1. The first-order chi connectivity index (χ1) is 10.3. The number of nitrogens with zero attached hydrogens (tertiary/aromatic N) is 2. The molecule has 1 atom stereocenters. The molecule has 1 amide bonds. The monoisotopic (exact) mass is 306 g/mol. The summed E-state index contributed by atoms with van der Waals surface area (Å²) in [5.74, 6) is -0.236. The van der Waals surface area contributed by atoms with E-state index in [1.807, 2.05) is 26.8 Å². The molecule has 2 rings (SSSR count). The summed E-state index contributed by atoms with van der Waals surface area (Å²) in [6.45, 7) is 6.84. The Hall–Kier alpha value is -2.11. The summed E-state index contributed by atoms with van der Waals surface area (Å²) < 4.78 is 10.0. The Labute approximate surface area is 130 Å². The molecule has 0 spiro atoms. The highest BCUT2D eigenvalue weighted by molar-refractivity contribution is 5.87. The number of amides is 1. The van der Waals surface area contributed by atoms with Crippen LogP contribution in [0.3, 0.4) is 0 Å². The van der Waals surface area contributed by atoms with Gasteiger partial charge in [0.05, 0.1) is 7.11 Å². The normalized spacial score (nSPS) is 18.2. The number of hydrogen-bond donors (Lipinski definition) is 0. The molecule has 1 fully saturated rings. The molecular formula is C16H22N2O4. The van der Waals surface area contributed by atoms with Crippen molar-refractivity contribution in [3.05, 3.63) is 29.6 Å². The maximum absolute atomic E-state index is 12.0. The van der Waals surface area contributed by atoms with E-state index >= 15 is 0 Å². The number of carbonyl (C=O) groups is 2. The van der Waals surface area contributed by atoms with Gasteiger partial charge in [0.1, 0.15) is 11.3 Å². The van der Waals surface area contributed by atoms with Gasteiger partial charge in [-0.25, -0.2) is 14.6 Å². The molecule has 120 valence electrons. The van der Waals surface area contributed by atoms with Gasteiger partial charge in [-0.1, -0.05) is 6.07 Å². The lowest BCUT2D eigenvalue weighted by Crippen LogP contribution is -2.35. The van der Waals surface area contributed by atoms with Gasteiger partial charge in [-0.2, -0.15) is 0 Å². The third-order valence-electron chi connectivity index (χ3n) is 3.49. The lowest BCUT2D eigenvalue weighted by molar-refractivity contribution is 0.0292. The summed E-state index contributed by atoms with van der Waals surface area (Å²) in [5.41, 5.74) is 0.811. The molecule has 1 aromatic heterocycles. The van der Waals surface area contributed by atoms with Gasteiger partial charge in [0.15, 0.2) is 0 Å². The van der Waals surface area contributed by atoms with Crippen LogP contribution in [0.1, 0.15) is 49.2 Å². The first-order valence-electron chi connectivity index (χ1n) is 7.32. The molecule has 22 heavy (non-hydrogen) atoms. The van der Waals surface area contributed by atoms with E-state index in [2.05, 4.69) is 9.72 Å². The molecule has 6 heteroatoms. The zero-order valence-corrected chi connectivity index (χ0v) is 13.5. The summed E-state index contributed by atoms with van der Waals surface area (Å²) in [6.07, 6.45) is 2.25. The van der Waals surface area contributed by atoms with Crippen molar-refractivity contribution < 1.29 is 19.1 Å². The van der Waals surface area contributed by atoms with E-state index in [1.54, 1.807) is 17.2 Å². The summed E-state index contributed by atoms with van der Waals surface area (Å²) in [4.78, 5) is 29.2. The van der Waals surface area contributed by atoms with Gasteiger partial charge < -0.3 is 14.4 Å². The number of pyridine rings is 1. The van der Waals surface area contributed by atoms with Crippen molar-refractivity contribution >= 4 is 12.1 Å². The first-order valence-corrected chi connectivity index (χ1v) is 7.32. The molecule has 6 nitrogen and oxygen atoms in total. The molecule has 0 saturated carbocycles. The zero-order valence-electron chi connectivity index (χ0n) is 13.5. The fraction of sp³-hybridized carbons (Fsp3) is 0.562. The van der Waals surface area contributed by atoms with Gasteiger partial charge in [-0.3, -0.25) is 0 Å². The van der Waals surface area contributed by atoms with Crippen molar-refractivity contribution in [2.75, 3.05) is 20.2 Å². The second-order valence-corrected chi connectivity index (χ2v) is 6.38. The van der Waals surface area contributed by atoms with Crippen LogP contribution >= 0.6 is 0 Å². The second kappa shape index (κ2) is 6.34. The summed E-state index contributed by atoms with van der Waals surface area (Å²) in [5, 5.41) is 0. The number of rotatable bonds is 2. The van der Waals surface area contributed by atoms with Crippen LogP contribution in [0.15, 0.2) is 18.3 Å². The Kier molecular flexibility index (Phi) is 4.68. The van der Waals surface area contributed by atoms with E-state index in [0.29, 0.717) is 13.1 Å². The number of esters is 1. The lowest BCUT2D eigenvalue weighted by Gasteiger charge is -2.24. The predicted octanol–water partition coefficient (Wildman–Crippen LogP) is 2.59. The van der Waals surface area contributed by atoms with E-state index in [9.17, 15) is 9.59 Å². The highest BCUT2D eigenvalue weighted by atomic mass is 16.6. The van der Waals surface area contributed by atoms with Gasteiger partial charge in [0, 0.05) is 25.2 Å². The highest BCUT2D eigenvalue weighted by Crippen LogP contribution is 2.28. The fourth-order valence-electron chi connectivity index (χ4n) is 2.40. The fourth-order valence-corrected chi connectivity index (χ4v) is 2.40. The van der Waals surface area contributed by atoms with Crippen molar-refractivity contribution in [3.63, 3.8) is 0 Å². The number of hydrogen-bond acceptors (Lipinski definition) is 5. The number of carbonyl (C=O) groups excluding carboxylic acids is 2. The SMILES string of the molecule is COC(=O)c1ccc(C2CCN(C(=O)OC(C)(C)C)C2)cn1. The van der Waals surface area contributed by atoms with E-state index in [4.69, 9.17) is 4.74 Å². The number of ether oxygens (including phenoxy) is 2. The molecule has 1 aromatic rings. The van der Waals surface area contributed by atoms with E-state index in [-0.39, 0.29) is 17.7 Å². The average Bonchev–Trinajstić information content (AvgIpc) is 2.95. The van der Waals surface area contributed by atoms with Crippen LogP contribution in [0.4, 0.5) is 4.79 Å².